The van der Waals surface area contributed by atoms with Gasteiger partial charge in [0.25, 0.3) is 5.91 Å². The maximum absolute atomic E-state index is 13.6. The largest absolute Gasteiger partial charge is 0.480 e. The maximum atomic E-state index is 13.6. The molecule has 2 aromatic rings. The van der Waals surface area contributed by atoms with Crippen molar-refractivity contribution in [1.29, 1.82) is 0 Å². The molecule has 3 rings (SSSR count). The lowest BCUT2D eigenvalue weighted by Gasteiger charge is -2.25. The molecule has 0 saturated heterocycles. The van der Waals surface area contributed by atoms with E-state index in [2.05, 4.69) is 5.32 Å². The SMILES string of the molecule is CSCCC(NC(=O)c1ccc(CP(C)(=O)CC2CCCCC2)cc1-c1ccccc1C)C(=O)O. The summed E-state index contributed by atoms with van der Waals surface area (Å²) in [5.41, 5.74) is 4.10. The Kier molecular flexibility index (Phi) is 10.1. The highest BCUT2D eigenvalue weighted by Crippen LogP contribution is 2.49. The standard InChI is InChI=1S/C28H38NO4PS/c1-20-9-7-8-12-23(20)25-17-22(19-34(2,33)18-21-10-5-4-6-11-21)13-14-24(25)27(30)29-26(28(31)32)15-16-35-3/h7-9,12-14,17,21,26H,4-6,10-11,15-16,18-19H2,1-3H3,(H,29,30)(H,31,32). The van der Waals surface area contributed by atoms with Gasteiger partial charge in [-0.2, -0.15) is 11.8 Å². The Morgan fingerprint density at radius 1 is 1.11 bits per heavy atom. The molecule has 35 heavy (non-hydrogen) atoms. The number of carbonyl (C=O) groups is 2. The van der Waals surface area contributed by atoms with Crippen molar-refractivity contribution in [3.8, 4) is 11.1 Å². The molecule has 0 spiro atoms. The summed E-state index contributed by atoms with van der Waals surface area (Å²) in [5.74, 6) is -0.232. The molecular formula is C28H38NO4PS. The summed E-state index contributed by atoms with van der Waals surface area (Å²) in [6.45, 7) is 3.91. The Balaban J connectivity index is 1.90. The van der Waals surface area contributed by atoms with Crippen molar-refractivity contribution >= 4 is 30.8 Å². The van der Waals surface area contributed by atoms with E-state index < -0.39 is 25.1 Å². The lowest BCUT2D eigenvalue weighted by molar-refractivity contribution is -0.139. The third-order valence-electron chi connectivity index (χ3n) is 6.86. The molecule has 0 aliphatic heterocycles. The summed E-state index contributed by atoms with van der Waals surface area (Å²) >= 11 is 1.55. The summed E-state index contributed by atoms with van der Waals surface area (Å²) in [4.78, 5) is 25.0. The van der Waals surface area contributed by atoms with E-state index in [0.717, 1.165) is 28.4 Å². The number of hydrogen-bond donors (Lipinski definition) is 2. The Labute approximate surface area is 213 Å². The molecule has 2 aromatic carbocycles. The summed E-state index contributed by atoms with van der Waals surface area (Å²) < 4.78 is 13.6. The minimum atomic E-state index is -2.37. The van der Waals surface area contributed by atoms with Crippen molar-refractivity contribution in [2.24, 2.45) is 5.92 Å². The van der Waals surface area contributed by atoms with Gasteiger partial charge in [-0.1, -0.05) is 62.4 Å². The van der Waals surface area contributed by atoms with Crippen molar-refractivity contribution in [1.82, 2.24) is 5.32 Å². The molecule has 7 heteroatoms. The van der Waals surface area contributed by atoms with Crippen molar-refractivity contribution in [3.63, 3.8) is 0 Å². The van der Waals surface area contributed by atoms with Crippen molar-refractivity contribution in [3.05, 3.63) is 59.2 Å². The number of carbonyl (C=O) groups excluding carboxylic acids is 1. The van der Waals surface area contributed by atoms with Crippen LogP contribution in [0.5, 0.6) is 0 Å². The fraction of sp³-hybridized carbons (Fsp3) is 0.500. The zero-order chi connectivity index (χ0) is 25.4. The Morgan fingerprint density at radius 2 is 1.83 bits per heavy atom. The summed E-state index contributed by atoms with van der Waals surface area (Å²) in [6, 6.07) is 12.5. The van der Waals surface area contributed by atoms with Gasteiger partial charge in [0.15, 0.2) is 0 Å². The van der Waals surface area contributed by atoms with Crippen LogP contribution in [0, 0.1) is 12.8 Å². The second-order valence-corrected chi connectivity index (χ2v) is 14.2. The lowest BCUT2D eigenvalue weighted by atomic mass is 9.91. The number of aliphatic carboxylic acids is 1. The maximum Gasteiger partial charge on any atom is 0.326 e. The van der Waals surface area contributed by atoms with Gasteiger partial charge < -0.3 is 15.0 Å². The molecule has 0 bridgehead atoms. The van der Waals surface area contributed by atoms with Gasteiger partial charge in [-0.05, 0) is 72.3 Å². The van der Waals surface area contributed by atoms with E-state index in [-0.39, 0.29) is 0 Å². The number of thioether (sulfide) groups is 1. The second kappa shape index (κ2) is 12.8. The van der Waals surface area contributed by atoms with Crippen LogP contribution in [0.15, 0.2) is 42.5 Å². The Morgan fingerprint density at radius 3 is 2.49 bits per heavy atom. The number of carboxylic acid groups (broad SMARTS) is 1. The van der Waals surface area contributed by atoms with E-state index in [1.165, 1.54) is 32.1 Å². The van der Waals surface area contributed by atoms with Gasteiger partial charge in [0.05, 0.1) is 7.14 Å². The molecule has 1 fully saturated rings. The topological polar surface area (TPSA) is 83.5 Å². The van der Waals surface area contributed by atoms with Crippen molar-refractivity contribution in [2.75, 3.05) is 24.8 Å². The van der Waals surface area contributed by atoms with Gasteiger partial charge in [-0.3, -0.25) is 4.79 Å². The molecule has 0 aromatic heterocycles. The van der Waals surface area contributed by atoms with E-state index in [1.807, 2.05) is 56.2 Å². The zero-order valence-electron chi connectivity index (χ0n) is 21.1. The molecular weight excluding hydrogens is 477 g/mol. The number of rotatable bonds is 11. The third kappa shape index (κ3) is 7.98. The van der Waals surface area contributed by atoms with Gasteiger partial charge >= 0.3 is 5.97 Å². The highest BCUT2D eigenvalue weighted by Gasteiger charge is 2.26. The number of carboxylic acids is 1. The molecule has 1 amide bonds. The highest BCUT2D eigenvalue weighted by molar-refractivity contribution is 7.98. The quantitative estimate of drug-likeness (QED) is 0.327. The van der Waals surface area contributed by atoms with Crippen LogP contribution in [-0.2, 0) is 15.5 Å². The monoisotopic (exact) mass is 515 g/mol. The summed E-state index contributed by atoms with van der Waals surface area (Å²) in [7, 11) is -2.37. The van der Waals surface area contributed by atoms with Gasteiger partial charge in [0.1, 0.15) is 6.04 Å². The van der Waals surface area contributed by atoms with Crippen LogP contribution >= 0.6 is 18.9 Å². The second-order valence-electron chi connectivity index (χ2n) is 9.98. The van der Waals surface area contributed by atoms with Crippen LogP contribution in [-0.4, -0.2) is 47.9 Å². The van der Waals surface area contributed by atoms with Crippen LogP contribution < -0.4 is 5.32 Å². The average Bonchev–Trinajstić information content (AvgIpc) is 2.81. The zero-order valence-corrected chi connectivity index (χ0v) is 22.8. The van der Waals surface area contributed by atoms with Crippen molar-refractivity contribution in [2.45, 2.75) is 57.7 Å². The first kappa shape index (κ1) is 27.5. The molecule has 1 saturated carbocycles. The van der Waals surface area contributed by atoms with Gasteiger partial charge in [-0.25, -0.2) is 4.79 Å². The predicted octanol–water partition coefficient (Wildman–Crippen LogP) is 6.67. The minimum Gasteiger partial charge on any atom is -0.480 e. The molecule has 0 heterocycles. The van der Waals surface area contributed by atoms with E-state index in [4.69, 9.17) is 0 Å². The molecule has 1 aliphatic rings. The molecule has 2 unspecified atom stereocenters. The average molecular weight is 516 g/mol. The number of hydrogen-bond acceptors (Lipinski definition) is 4. The molecule has 0 radical (unpaired) electrons. The van der Waals surface area contributed by atoms with Crippen LogP contribution in [0.2, 0.25) is 0 Å². The normalized spacial score (nSPS) is 16.9. The number of benzene rings is 2. The van der Waals surface area contributed by atoms with Crippen LogP contribution in [0.4, 0.5) is 0 Å². The van der Waals surface area contributed by atoms with Crippen molar-refractivity contribution < 1.29 is 19.3 Å². The number of amides is 1. The fourth-order valence-electron chi connectivity index (χ4n) is 5.08. The molecule has 1 aliphatic carbocycles. The van der Waals surface area contributed by atoms with Crippen LogP contribution in [0.3, 0.4) is 0 Å². The predicted molar refractivity (Wildman–Crippen MR) is 147 cm³/mol. The minimum absolute atomic E-state index is 0.361. The number of nitrogens with one attached hydrogen (secondary N) is 1. The fourth-order valence-corrected chi connectivity index (χ4v) is 8.11. The first-order chi connectivity index (χ1) is 16.7. The molecule has 5 nitrogen and oxygen atoms in total. The summed E-state index contributed by atoms with van der Waals surface area (Å²) in [5, 5.41) is 12.3. The van der Waals surface area contributed by atoms with E-state index >= 15 is 0 Å². The molecule has 2 N–H and O–H groups in total. The van der Waals surface area contributed by atoms with Gasteiger partial charge in [0, 0.05) is 17.9 Å². The third-order valence-corrected chi connectivity index (χ3v) is 9.83. The van der Waals surface area contributed by atoms with Gasteiger partial charge in [-0.15, -0.1) is 0 Å². The first-order valence-corrected chi connectivity index (χ1v) is 16.4. The smallest absolute Gasteiger partial charge is 0.326 e. The highest BCUT2D eigenvalue weighted by atomic mass is 32.2. The molecule has 2 atom stereocenters. The van der Waals surface area contributed by atoms with E-state index in [9.17, 15) is 19.3 Å². The van der Waals surface area contributed by atoms with Gasteiger partial charge in [0.2, 0.25) is 0 Å². The summed E-state index contributed by atoms with van der Waals surface area (Å²) in [6.07, 6.45) is 9.67. The van der Waals surface area contributed by atoms with Crippen LogP contribution in [0.1, 0.15) is 60.0 Å². The molecule has 190 valence electrons. The van der Waals surface area contributed by atoms with E-state index in [1.54, 1.807) is 17.8 Å². The van der Waals surface area contributed by atoms with E-state index in [0.29, 0.717) is 29.8 Å². The Bertz CT molecular complexity index is 1080. The lowest BCUT2D eigenvalue weighted by Crippen LogP contribution is -2.41. The Hall–Kier alpha value is -2.04. The number of aryl methyl sites for hydroxylation is 1. The first-order valence-electron chi connectivity index (χ1n) is 12.5. The van der Waals surface area contributed by atoms with Crippen LogP contribution in [0.25, 0.3) is 11.1 Å².